The highest BCUT2D eigenvalue weighted by molar-refractivity contribution is 7.16. The lowest BCUT2D eigenvalue weighted by molar-refractivity contribution is 0.617. The monoisotopic (exact) mass is 394 g/mol. The van der Waals surface area contributed by atoms with Gasteiger partial charge in [-0.3, -0.25) is 0 Å². The first-order valence-electron chi connectivity index (χ1n) is 9.71. The van der Waals surface area contributed by atoms with Gasteiger partial charge in [0.05, 0.1) is 6.04 Å². The molecule has 28 heavy (non-hydrogen) atoms. The Hall–Kier alpha value is -2.51. The predicted molar refractivity (Wildman–Crippen MR) is 116 cm³/mol. The summed E-state index contributed by atoms with van der Waals surface area (Å²) in [5.74, 6) is 0.705. The van der Waals surface area contributed by atoms with Crippen LogP contribution in [0.25, 0.3) is 5.57 Å². The zero-order valence-corrected chi connectivity index (χ0v) is 17.0. The SMILES string of the molecule is CC(C)C1=NNC2C=CC(c3nnc(N[C@H](CN)Cc4ccccc4)s3)=CC12. The van der Waals surface area contributed by atoms with Crippen LogP contribution in [0.4, 0.5) is 5.13 Å². The number of hydrazone groups is 1. The number of nitrogens with zero attached hydrogens (tertiary/aromatic N) is 3. The first-order valence-corrected chi connectivity index (χ1v) is 10.5. The van der Waals surface area contributed by atoms with Crippen LogP contribution in [0, 0.1) is 11.8 Å². The van der Waals surface area contributed by atoms with Crippen molar-refractivity contribution >= 4 is 27.8 Å². The molecule has 0 bridgehead atoms. The number of nitrogens with two attached hydrogens (primary N) is 1. The maximum absolute atomic E-state index is 5.97. The van der Waals surface area contributed by atoms with Crippen LogP contribution in [0.5, 0.6) is 0 Å². The van der Waals surface area contributed by atoms with Crippen LogP contribution >= 0.6 is 11.3 Å². The average Bonchev–Trinajstić information content (AvgIpc) is 3.34. The molecule has 1 aliphatic heterocycles. The molecule has 0 saturated heterocycles. The van der Waals surface area contributed by atoms with Crippen molar-refractivity contribution in [1.82, 2.24) is 15.6 Å². The normalized spacial score (nSPS) is 21.7. The molecule has 1 aliphatic carbocycles. The first kappa shape index (κ1) is 18.8. The number of benzene rings is 1. The Morgan fingerprint density at radius 1 is 1.21 bits per heavy atom. The van der Waals surface area contributed by atoms with Gasteiger partial charge < -0.3 is 16.5 Å². The molecule has 0 saturated carbocycles. The topological polar surface area (TPSA) is 88.2 Å². The number of nitrogens with one attached hydrogen (secondary N) is 2. The van der Waals surface area contributed by atoms with E-state index in [4.69, 9.17) is 5.73 Å². The largest absolute Gasteiger partial charge is 0.356 e. The third-order valence-electron chi connectivity index (χ3n) is 5.11. The maximum atomic E-state index is 5.97. The minimum atomic E-state index is 0.127. The minimum Gasteiger partial charge on any atom is -0.356 e. The van der Waals surface area contributed by atoms with Crippen LogP contribution < -0.4 is 16.5 Å². The van der Waals surface area contributed by atoms with Gasteiger partial charge in [0, 0.05) is 29.8 Å². The third kappa shape index (κ3) is 4.00. The molecule has 0 fully saturated rings. The number of anilines is 1. The van der Waals surface area contributed by atoms with Gasteiger partial charge in [-0.05, 0) is 17.9 Å². The van der Waals surface area contributed by atoms with Gasteiger partial charge >= 0.3 is 0 Å². The quantitative estimate of drug-likeness (QED) is 0.672. The summed E-state index contributed by atoms with van der Waals surface area (Å²) in [5.41, 5.74) is 12.8. The molecule has 3 atom stereocenters. The molecule has 0 spiro atoms. The molecule has 6 nitrogen and oxygen atoms in total. The molecular weight excluding hydrogens is 368 g/mol. The van der Waals surface area contributed by atoms with Crippen molar-refractivity contribution in [1.29, 1.82) is 0 Å². The average molecular weight is 395 g/mol. The van der Waals surface area contributed by atoms with E-state index < -0.39 is 0 Å². The summed E-state index contributed by atoms with van der Waals surface area (Å²) in [6.07, 6.45) is 7.41. The smallest absolute Gasteiger partial charge is 0.206 e. The highest BCUT2D eigenvalue weighted by Crippen LogP contribution is 2.32. The zero-order valence-electron chi connectivity index (χ0n) is 16.2. The van der Waals surface area contributed by atoms with E-state index in [0.717, 1.165) is 22.1 Å². The molecule has 2 unspecified atom stereocenters. The van der Waals surface area contributed by atoms with Crippen LogP contribution in [-0.2, 0) is 6.42 Å². The number of aromatic nitrogens is 2. The van der Waals surface area contributed by atoms with Crippen molar-refractivity contribution < 1.29 is 0 Å². The molecule has 2 aromatic rings. The maximum Gasteiger partial charge on any atom is 0.206 e. The van der Waals surface area contributed by atoms with Gasteiger partial charge in [0.25, 0.3) is 0 Å². The second-order valence-corrected chi connectivity index (χ2v) is 8.51. The number of hydrogen-bond acceptors (Lipinski definition) is 7. The zero-order chi connectivity index (χ0) is 19.5. The highest BCUT2D eigenvalue weighted by Gasteiger charge is 2.32. The van der Waals surface area contributed by atoms with Gasteiger partial charge in [-0.15, -0.1) is 10.2 Å². The van der Waals surface area contributed by atoms with Crippen molar-refractivity contribution in [2.45, 2.75) is 32.4 Å². The van der Waals surface area contributed by atoms with Gasteiger partial charge in [0.1, 0.15) is 5.01 Å². The van der Waals surface area contributed by atoms with Crippen LogP contribution in [-0.4, -0.2) is 34.5 Å². The third-order valence-corrected chi connectivity index (χ3v) is 6.02. The standard InChI is InChI=1S/C21H26N6S/c1-13(2)19-17-11-15(8-9-18(17)24-25-19)20-26-27-21(28-20)23-16(12-22)10-14-6-4-3-5-7-14/h3-9,11,13,16-18,24H,10,12,22H2,1-2H3,(H,23,27)/t16-,17?,18?/m0/s1. The summed E-state index contributed by atoms with van der Waals surface area (Å²) in [6.45, 7) is 4.90. The molecule has 1 aromatic heterocycles. The summed E-state index contributed by atoms with van der Waals surface area (Å²) >= 11 is 1.57. The lowest BCUT2D eigenvalue weighted by Crippen LogP contribution is -2.30. The fourth-order valence-corrected chi connectivity index (χ4v) is 4.44. The molecular formula is C21H26N6S. The van der Waals surface area contributed by atoms with Crippen molar-refractivity contribution in [3.05, 3.63) is 59.1 Å². The molecule has 2 heterocycles. The lowest BCUT2D eigenvalue weighted by atomic mass is 9.85. The summed E-state index contributed by atoms with van der Waals surface area (Å²) in [5, 5.41) is 18.4. The van der Waals surface area contributed by atoms with Crippen LogP contribution in [0.2, 0.25) is 0 Å². The lowest BCUT2D eigenvalue weighted by Gasteiger charge is -2.20. The van der Waals surface area contributed by atoms with Crippen LogP contribution in [0.3, 0.4) is 0 Å². The van der Waals surface area contributed by atoms with Gasteiger partial charge in [-0.1, -0.05) is 73.7 Å². The van der Waals surface area contributed by atoms with E-state index in [1.165, 1.54) is 11.3 Å². The van der Waals surface area contributed by atoms with E-state index in [0.29, 0.717) is 12.5 Å². The summed E-state index contributed by atoms with van der Waals surface area (Å²) in [6, 6.07) is 10.7. The van der Waals surface area contributed by atoms with Gasteiger partial charge in [-0.2, -0.15) is 5.10 Å². The van der Waals surface area contributed by atoms with Gasteiger partial charge in [0.2, 0.25) is 5.13 Å². The van der Waals surface area contributed by atoms with E-state index in [2.05, 4.69) is 70.2 Å². The van der Waals surface area contributed by atoms with E-state index in [-0.39, 0.29) is 18.0 Å². The Labute approximate surface area is 169 Å². The molecule has 2 aliphatic rings. The molecule has 1 aromatic carbocycles. The Balaban J connectivity index is 1.46. The van der Waals surface area contributed by atoms with Crippen molar-refractivity contribution in [3.8, 4) is 0 Å². The van der Waals surface area contributed by atoms with Crippen LogP contribution in [0.15, 0.2) is 53.7 Å². The van der Waals surface area contributed by atoms with E-state index in [9.17, 15) is 0 Å². The van der Waals surface area contributed by atoms with Crippen LogP contribution in [0.1, 0.15) is 24.4 Å². The molecule has 4 N–H and O–H groups in total. The second-order valence-electron chi connectivity index (χ2n) is 7.53. The molecule has 0 amide bonds. The van der Waals surface area contributed by atoms with Gasteiger partial charge in [-0.25, -0.2) is 0 Å². The number of rotatable bonds is 7. The highest BCUT2D eigenvalue weighted by atomic mass is 32.1. The van der Waals surface area contributed by atoms with Crippen molar-refractivity contribution in [2.24, 2.45) is 22.7 Å². The summed E-state index contributed by atoms with van der Waals surface area (Å²) < 4.78 is 0. The van der Waals surface area contributed by atoms with E-state index in [1.54, 1.807) is 11.3 Å². The summed E-state index contributed by atoms with van der Waals surface area (Å²) in [4.78, 5) is 0. The Morgan fingerprint density at radius 3 is 2.79 bits per heavy atom. The number of allylic oxidation sites excluding steroid dienone is 2. The molecule has 7 heteroatoms. The Morgan fingerprint density at radius 2 is 2.04 bits per heavy atom. The fraction of sp³-hybridized carbons (Fsp3) is 0.381. The van der Waals surface area contributed by atoms with E-state index >= 15 is 0 Å². The molecule has 146 valence electrons. The Bertz CT molecular complexity index is 899. The predicted octanol–water partition coefficient (Wildman–Crippen LogP) is 3.07. The molecule has 4 rings (SSSR count). The summed E-state index contributed by atoms with van der Waals surface area (Å²) in [7, 11) is 0. The van der Waals surface area contributed by atoms with Crippen molar-refractivity contribution in [3.63, 3.8) is 0 Å². The fourth-order valence-electron chi connectivity index (χ4n) is 3.62. The molecule has 0 radical (unpaired) electrons. The van der Waals surface area contributed by atoms with Crippen molar-refractivity contribution in [2.75, 3.05) is 11.9 Å². The first-order chi connectivity index (χ1) is 13.6. The number of fused-ring (bicyclic) bond motifs is 1. The second kappa shape index (κ2) is 8.24. The Kier molecular flexibility index (Phi) is 5.54. The minimum absolute atomic E-state index is 0.127. The van der Waals surface area contributed by atoms with Gasteiger partial charge in [0.15, 0.2) is 0 Å². The van der Waals surface area contributed by atoms with E-state index in [1.807, 2.05) is 18.2 Å². The number of hydrogen-bond donors (Lipinski definition) is 3.